The van der Waals surface area contributed by atoms with Crippen LogP contribution in [-0.4, -0.2) is 16.7 Å². The highest BCUT2D eigenvalue weighted by Gasteiger charge is 2.27. The average molecular weight is 335 g/mol. The molecule has 3 aromatic heterocycles. The van der Waals surface area contributed by atoms with Crippen LogP contribution < -0.4 is 5.63 Å². The number of benzene rings is 1. The van der Waals surface area contributed by atoms with E-state index in [-0.39, 0.29) is 22.6 Å². The van der Waals surface area contributed by atoms with Gasteiger partial charge in [-0.3, -0.25) is 9.59 Å². The van der Waals surface area contributed by atoms with Crippen LogP contribution in [0.2, 0.25) is 0 Å². The Hall–Kier alpha value is -3.74. The van der Waals surface area contributed by atoms with E-state index in [1.807, 2.05) is 0 Å². The van der Waals surface area contributed by atoms with Crippen molar-refractivity contribution in [2.24, 2.45) is 0 Å². The van der Waals surface area contributed by atoms with Crippen molar-refractivity contribution in [3.8, 4) is 0 Å². The van der Waals surface area contributed by atoms with Crippen molar-refractivity contribution in [3.05, 3.63) is 88.0 Å². The molecule has 1 aromatic carbocycles. The van der Waals surface area contributed by atoms with E-state index in [0.29, 0.717) is 11.0 Å². The lowest BCUT2D eigenvalue weighted by Gasteiger charge is -2.01. The molecule has 0 aliphatic carbocycles. The minimum atomic E-state index is -0.804. The fourth-order valence-electron chi connectivity index (χ4n) is 2.45. The number of ketones is 2. The van der Waals surface area contributed by atoms with Gasteiger partial charge in [-0.1, -0.05) is 23.4 Å². The van der Waals surface area contributed by atoms with Crippen LogP contribution in [0.4, 0.5) is 0 Å². The molecule has 0 spiro atoms. The molecule has 4 aromatic rings. The first-order chi connectivity index (χ1) is 12.1. The predicted octanol–water partition coefficient (Wildman–Crippen LogP) is 2.84. The van der Waals surface area contributed by atoms with Crippen molar-refractivity contribution >= 4 is 22.5 Å². The third kappa shape index (κ3) is 2.47. The molecular formula is C18H9NO6. The Labute approximate surface area is 139 Å². The summed E-state index contributed by atoms with van der Waals surface area (Å²) in [5.41, 5.74) is -1.02. The number of nitrogens with zero attached hydrogens (tertiary/aromatic N) is 1. The maximum atomic E-state index is 12.7. The SMILES string of the molecule is O=C(c1ccco1)c1nocc1C(=O)c1cc2ccccc2oc1=O. The Morgan fingerprint density at radius 2 is 1.80 bits per heavy atom. The molecule has 0 aliphatic heterocycles. The maximum absolute atomic E-state index is 12.7. The van der Waals surface area contributed by atoms with Crippen LogP contribution in [0.25, 0.3) is 11.0 Å². The molecule has 0 N–H and O–H groups in total. The smallest absolute Gasteiger partial charge is 0.347 e. The first-order valence-electron chi connectivity index (χ1n) is 7.25. The number of aromatic nitrogens is 1. The van der Waals surface area contributed by atoms with E-state index in [1.54, 1.807) is 24.3 Å². The maximum Gasteiger partial charge on any atom is 0.347 e. The van der Waals surface area contributed by atoms with Gasteiger partial charge in [-0.25, -0.2) is 4.79 Å². The average Bonchev–Trinajstić information content (AvgIpc) is 3.31. The summed E-state index contributed by atoms with van der Waals surface area (Å²) in [6, 6.07) is 11.2. The Morgan fingerprint density at radius 3 is 2.60 bits per heavy atom. The summed E-state index contributed by atoms with van der Waals surface area (Å²) < 4.78 is 14.9. The first kappa shape index (κ1) is 14.8. The normalized spacial score (nSPS) is 10.9. The molecule has 0 saturated carbocycles. The van der Waals surface area contributed by atoms with Gasteiger partial charge in [-0.15, -0.1) is 0 Å². The molecule has 0 fully saturated rings. The molecular weight excluding hydrogens is 326 g/mol. The molecule has 7 heteroatoms. The first-order valence-corrected chi connectivity index (χ1v) is 7.25. The third-order valence-electron chi connectivity index (χ3n) is 3.66. The highest BCUT2D eigenvalue weighted by atomic mass is 16.5. The van der Waals surface area contributed by atoms with Gasteiger partial charge < -0.3 is 13.4 Å². The Morgan fingerprint density at radius 1 is 0.960 bits per heavy atom. The largest absolute Gasteiger partial charge is 0.461 e. The number of hydrogen-bond acceptors (Lipinski definition) is 7. The molecule has 0 radical (unpaired) electrons. The van der Waals surface area contributed by atoms with Crippen molar-refractivity contribution in [3.63, 3.8) is 0 Å². The van der Waals surface area contributed by atoms with Crippen LogP contribution in [0.1, 0.15) is 32.2 Å². The summed E-state index contributed by atoms with van der Waals surface area (Å²) in [7, 11) is 0. The van der Waals surface area contributed by atoms with E-state index in [9.17, 15) is 14.4 Å². The van der Waals surface area contributed by atoms with E-state index in [4.69, 9.17) is 13.4 Å². The number of furan rings is 1. The summed E-state index contributed by atoms with van der Waals surface area (Å²) in [6.07, 6.45) is 2.35. The monoisotopic (exact) mass is 335 g/mol. The van der Waals surface area contributed by atoms with Crippen LogP contribution in [-0.2, 0) is 0 Å². The summed E-state index contributed by atoms with van der Waals surface area (Å²) in [5.74, 6) is -1.32. The summed E-state index contributed by atoms with van der Waals surface area (Å²) >= 11 is 0. The van der Waals surface area contributed by atoms with Gasteiger partial charge in [0, 0.05) is 5.39 Å². The van der Waals surface area contributed by atoms with Crippen molar-refractivity contribution in [1.82, 2.24) is 5.16 Å². The second-order valence-corrected chi connectivity index (χ2v) is 5.20. The standard InChI is InChI=1S/C18H9NO6/c20-16(11-8-10-4-1-2-5-13(10)25-18(11)22)12-9-24-19-15(12)17(21)14-6-3-7-23-14/h1-9H. The number of carbonyl (C=O) groups excluding carboxylic acids is 2. The number of para-hydroxylation sites is 1. The lowest BCUT2D eigenvalue weighted by molar-refractivity contribution is 0.0982. The third-order valence-corrected chi connectivity index (χ3v) is 3.66. The topological polar surface area (TPSA) is 104 Å². The number of carbonyl (C=O) groups is 2. The number of rotatable bonds is 4. The molecule has 0 atom stereocenters. The molecule has 3 heterocycles. The molecule has 122 valence electrons. The van der Waals surface area contributed by atoms with Gasteiger partial charge in [0.05, 0.1) is 11.8 Å². The van der Waals surface area contributed by atoms with Gasteiger partial charge in [0.2, 0.25) is 5.78 Å². The molecule has 0 saturated heterocycles. The second kappa shape index (κ2) is 5.72. The Balaban J connectivity index is 1.81. The molecule has 4 rings (SSSR count). The van der Waals surface area contributed by atoms with Gasteiger partial charge in [0.15, 0.2) is 11.5 Å². The van der Waals surface area contributed by atoms with Crippen LogP contribution in [0.3, 0.4) is 0 Å². The van der Waals surface area contributed by atoms with Gasteiger partial charge in [-0.2, -0.15) is 0 Å². The fraction of sp³-hybridized carbons (Fsp3) is 0. The van der Waals surface area contributed by atoms with Gasteiger partial charge >= 0.3 is 5.63 Å². The quantitative estimate of drug-likeness (QED) is 0.417. The molecule has 25 heavy (non-hydrogen) atoms. The van der Waals surface area contributed by atoms with Gasteiger partial charge in [0.1, 0.15) is 17.4 Å². The van der Waals surface area contributed by atoms with E-state index in [0.717, 1.165) is 6.26 Å². The molecule has 7 nitrogen and oxygen atoms in total. The van der Waals surface area contributed by atoms with Crippen molar-refractivity contribution in [1.29, 1.82) is 0 Å². The van der Waals surface area contributed by atoms with Gasteiger partial charge in [-0.05, 0) is 24.3 Å². The second-order valence-electron chi connectivity index (χ2n) is 5.20. The van der Waals surface area contributed by atoms with Gasteiger partial charge in [0.25, 0.3) is 5.78 Å². The highest BCUT2D eigenvalue weighted by Crippen LogP contribution is 2.19. The summed E-state index contributed by atoms with van der Waals surface area (Å²) in [6.45, 7) is 0. The van der Waals surface area contributed by atoms with Crippen LogP contribution in [0.15, 0.2) is 73.1 Å². The Bertz CT molecular complexity index is 1150. The summed E-state index contributed by atoms with van der Waals surface area (Å²) in [5, 5.41) is 4.16. The molecule has 0 amide bonds. The number of hydrogen-bond donors (Lipinski definition) is 0. The fourth-order valence-corrected chi connectivity index (χ4v) is 2.45. The van der Waals surface area contributed by atoms with Crippen LogP contribution >= 0.6 is 0 Å². The predicted molar refractivity (Wildman–Crippen MR) is 84.6 cm³/mol. The van der Waals surface area contributed by atoms with Crippen LogP contribution in [0, 0.1) is 0 Å². The minimum Gasteiger partial charge on any atom is -0.461 e. The minimum absolute atomic E-state index is 0.00787. The van der Waals surface area contributed by atoms with E-state index in [2.05, 4.69) is 5.16 Å². The zero-order valence-corrected chi connectivity index (χ0v) is 12.6. The van der Waals surface area contributed by atoms with Crippen LogP contribution in [0.5, 0.6) is 0 Å². The Kier molecular flexibility index (Phi) is 3.39. The van der Waals surface area contributed by atoms with E-state index in [1.165, 1.54) is 24.5 Å². The molecule has 0 bridgehead atoms. The molecule has 0 aliphatic rings. The lowest BCUT2D eigenvalue weighted by Crippen LogP contribution is -2.17. The zero-order chi connectivity index (χ0) is 17.4. The zero-order valence-electron chi connectivity index (χ0n) is 12.6. The lowest BCUT2D eigenvalue weighted by atomic mass is 10.0. The molecule has 0 unspecified atom stereocenters. The van der Waals surface area contributed by atoms with E-state index >= 15 is 0 Å². The van der Waals surface area contributed by atoms with Crippen molar-refractivity contribution in [2.45, 2.75) is 0 Å². The van der Waals surface area contributed by atoms with Crippen molar-refractivity contribution < 1.29 is 22.9 Å². The number of fused-ring (bicyclic) bond motifs is 1. The summed E-state index contributed by atoms with van der Waals surface area (Å²) in [4.78, 5) is 37.2. The highest BCUT2D eigenvalue weighted by molar-refractivity contribution is 6.18. The van der Waals surface area contributed by atoms with Crippen molar-refractivity contribution in [2.75, 3.05) is 0 Å². The van der Waals surface area contributed by atoms with E-state index < -0.39 is 17.2 Å².